The number of nitrogens with zero attached hydrogens (tertiary/aromatic N) is 3. The average Bonchev–Trinajstić information content (AvgIpc) is 3.45. The summed E-state index contributed by atoms with van der Waals surface area (Å²) in [5.41, 5.74) is 3.19. The Morgan fingerprint density at radius 1 is 1.05 bits per heavy atom. The zero-order valence-electron chi connectivity index (χ0n) is 21.3. The highest BCUT2D eigenvalue weighted by Crippen LogP contribution is 2.49. The lowest BCUT2D eigenvalue weighted by atomic mass is 9.97. The smallest absolute Gasteiger partial charge is 0.387 e. The van der Waals surface area contributed by atoms with Gasteiger partial charge in [0, 0.05) is 30.2 Å². The molecule has 0 saturated heterocycles. The normalized spacial score (nSPS) is 17.1. The van der Waals surface area contributed by atoms with Crippen LogP contribution in [-0.2, 0) is 0 Å². The zero-order valence-corrected chi connectivity index (χ0v) is 21.3. The van der Waals surface area contributed by atoms with Gasteiger partial charge in [0.05, 0.1) is 23.1 Å². The largest absolute Gasteiger partial charge is 0.481 e. The number of carbonyl (C=O) groups excluding carboxylic acids is 1. The molecule has 0 unspecified atom stereocenters. The third-order valence-electron chi connectivity index (χ3n) is 6.69. The first-order valence-corrected chi connectivity index (χ1v) is 12.5. The maximum atomic E-state index is 13.2. The molecule has 194 valence electrons. The van der Waals surface area contributed by atoms with Crippen molar-refractivity contribution in [2.45, 2.75) is 39.0 Å². The number of hydrogen-bond acceptors (Lipinski definition) is 4. The first-order valence-electron chi connectivity index (χ1n) is 12.5. The van der Waals surface area contributed by atoms with E-state index >= 15 is 0 Å². The van der Waals surface area contributed by atoms with Gasteiger partial charge in [0.1, 0.15) is 23.9 Å². The molecule has 6 rings (SSSR count). The van der Waals surface area contributed by atoms with Gasteiger partial charge in [0.2, 0.25) is 0 Å². The minimum Gasteiger partial charge on any atom is -0.481 e. The van der Waals surface area contributed by atoms with Gasteiger partial charge in [0.25, 0.3) is 5.91 Å². The van der Waals surface area contributed by atoms with Crippen molar-refractivity contribution in [1.82, 2.24) is 14.5 Å². The summed E-state index contributed by atoms with van der Waals surface area (Å²) in [4.78, 5) is 19.7. The molecule has 0 fully saturated rings. The number of amides is 1. The summed E-state index contributed by atoms with van der Waals surface area (Å²) < 4.78 is 39.0. The molecule has 8 heteroatoms. The molecule has 0 spiro atoms. The van der Waals surface area contributed by atoms with E-state index in [4.69, 9.17) is 14.5 Å². The highest BCUT2D eigenvalue weighted by Gasteiger charge is 2.44. The van der Waals surface area contributed by atoms with E-state index in [1.165, 1.54) is 6.07 Å². The summed E-state index contributed by atoms with van der Waals surface area (Å²) in [5, 5.41) is 0. The molecule has 0 N–H and O–H groups in total. The Labute approximate surface area is 219 Å². The number of fused-ring (bicyclic) bond motifs is 9. The molecule has 1 aromatic heterocycles. The molecule has 0 saturated carbocycles. The predicted molar refractivity (Wildman–Crippen MR) is 141 cm³/mol. The highest BCUT2D eigenvalue weighted by atomic mass is 19.3. The molecule has 0 aliphatic carbocycles. The minimum absolute atomic E-state index is 0.0126. The fraction of sp³-hybridized carbons (Fsp3) is 0.267. The van der Waals surface area contributed by atoms with Crippen LogP contribution in [-0.4, -0.2) is 40.6 Å². The monoisotopic (exact) mass is 515 g/mol. The van der Waals surface area contributed by atoms with E-state index in [1.54, 1.807) is 24.1 Å². The first-order chi connectivity index (χ1) is 18.5. The Kier molecular flexibility index (Phi) is 7.01. The van der Waals surface area contributed by atoms with Gasteiger partial charge in [-0.15, -0.1) is 0 Å². The van der Waals surface area contributed by atoms with Crippen molar-refractivity contribution < 1.29 is 23.0 Å². The van der Waals surface area contributed by atoms with E-state index in [9.17, 15) is 13.6 Å². The van der Waals surface area contributed by atoms with Gasteiger partial charge in [-0.3, -0.25) is 4.79 Å². The van der Waals surface area contributed by atoms with Crippen molar-refractivity contribution in [3.8, 4) is 23.3 Å². The Hall–Kier alpha value is -4.38. The minimum atomic E-state index is -3.00. The Balaban J connectivity index is 0.00000144. The second-order valence-corrected chi connectivity index (χ2v) is 8.73. The van der Waals surface area contributed by atoms with Gasteiger partial charge in [-0.05, 0) is 42.5 Å². The molecule has 38 heavy (non-hydrogen) atoms. The number of benzene rings is 3. The van der Waals surface area contributed by atoms with Gasteiger partial charge in [-0.2, -0.15) is 8.78 Å². The van der Waals surface area contributed by atoms with Crippen molar-refractivity contribution in [1.29, 1.82) is 0 Å². The number of carbonyl (C=O) groups is 1. The fourth-order valence-electron chi connectivity index (χ4n) is 5.13. The van der Waals surface area contributed by atoms with E-state index in [2.05, 4.69) is 11.8 Å². The van der Waals surface area contributed by atoms with Crippen LogP contribution in [0, 0.1) is 11.8 Å². The summed E-state index contributed by atoms with van der Waals surface area (Å²) in [6.45, 7) is 1.25. The number of rotatable bonds is 4. The number of hydrogen-bond donors (Lipinski definition) is 0. The van der Waals surface area contributed by atoms with Gasteiger partial charge in [-0.1, -0.05) is 50.0 Å². The Morgan fingerprint density at radius 2 is 1.84 bits per heavy atom. The molecule has 2 aliphatic rings. The molecule has 4 aromatic rings. The standard InChI is InChI=1S/C28H21F2N3O3.C2H6/c1-32-23-16-22(25-19(27(32)34)10-5-11-24(25)36-28(29)30)33-21-15-17(12-13-20(21)31-26(23)33)7-6-14-35-18-8-3-2-4-9-18;1-2/h2-5,8-13,15,22-23,28H,14,16H2,1H3;1-2H3/t22-,23-;/m1./s1. The molecule has 2 aliphatic heterocycles. The predicted octanol–water partition coefficient (Wildman–Crippen LogP) is 6.21. The summed E-state index contributed by atoms with van der Waals surface area (Å²) in [7, 11) is 1.72. The Bertz CT molecular complexity index is 1540. The number of imidazole rings is 1. The molecular weight excluding hydrogens is 488 g/mol. The molecular formula is C30H27F2N3O3. The molecule has 2 atom stereocenters. The quantitative estimate of drug-likeness (QED) is 0.303. The summed E-state index contributed by atoms with van der Waals surface area (Å²) in [6, 6.07) is 19.2. The SMILES string of the molecule is CC.CN1C(=O)c2cccc(OC(F)F)c2[C@H]2C[C@@H]1c1nc3ccc(C#CCOc4ccccc4)cc3n12. The van der Waals surface area contributed by atoms with Crippen LogP contribution >= 0.6 is 0 Å². The van der Waals surface area contributed by atoms with Crippen LogP contribution in [0.4, 0.5) is 8.78 Å². The van der Waals surface area contributed by atoms with Crippen LogP contribution < -0.4 is 9.47 Å². The molecule has 3 aromatic carbocycles. The lowest BCUT2D eigenvalue weighted by molar-refractivity contribution is -0.0507. The molecule has 2 bridgehead atoms. The van der Waals surface area contributed by atoms with Crippen LogP contribution in [0.3, 0.4) is 0 Å². The van der Waals surface area contributed by atoms with Crippen molar-refractivity contribution in [3.63, 3.8) is 0 Å². The first kappa shape index (κ1) is 25.3. The van der Waals surface area contributed by atoms with E-state index < -0.39 is 6.61 Å². The molecule has 6 nitrogen and oxygen atoms in total. The van der Waals surface area contributed by atoms with Crippen LogP contribution in [0.1, 0.15) is 59.7 Å². The van der Waals surface area contributed by atoms with Crippen molar-refractivity contribution in [3.05, 3.63) is 89.2 Å². The van der Waals surface area contributed by atoms with Gasteiger partial charge >= 0.3 is 6.61 Å². The average molecular weight is 516 g/mol. The third-order valence-corrected chi connectivity index (χ3v) is 6.69. The summed E-state index contributed by atoms with van der Waals surface area (Å²) in [6.07, 6.45) is 0.526. The van der Waals surface area contributed by atoms with Gasteiger partial charge in [-0.25, -0.2) is 4.98 Å². The van der Waals surface area contributed by atoms with Gasteiger partial charge in [0.15, 0.2) is 0 Å². The van der Waals surface area contributed by atoms with Gasteiger partial charge < -0.3 is 18.9 Å². The van der Waals surface area contributed by atoms with Crippen LogP contribution in [0.2, 0.25) is 0 Å². The van der Waals surface area contributed by atoms with E-state index in [0.29, 0.717) is 17.5 Å². The molecule has 1 amide bonds. The van der Waals surface area contributed by atoms with E-state index in [1.807, 2.05) is 66.9 Å². The number of alkyl halides is 2. The number of halogens is 2. The van der Waals surface area contributed by atoms with Crippen LogP contribution in [0.5, 0.6) is 11.5 Å². The maximum absolute atomic E-state index is 13.2. The summed E-state index contributed by atoms with van der Waals surface area (Å²) >= 11 is 0. The zero-order chi connectivity index (χ0) is 26.8. The maximum Gasteiger partial charge on any atom is 0.387 e. The lowest BCUT2D eigenvalue weighted by Gasteiger charge is -2.24. The topological polar surface area (TPSA) is 56.6 Å². The lowest BCUT2D eigenvalue weighted by Crippen LogP contribution is -2.30. The van der Waals surface area contributed by atoms with E-state index in [0.717, 1.165) is 28.2 Å². The highest BCUT2D eigenvalue weighted by molar-refractivity contribution is 5.97. The third kappa shape index (κ3) is 4.45. The molecule has 0 radical (unpaired) electrons. The molecule has 3 heterocycles. The van der Waals surface area contributed by atoms with Crippen LogP contribution in [0.25, 0.3) is 11.0 Å². The van der Waals surface area contributed by atoms with Crippen molar-refractivity contribution in [2.75, 3.05) is 13.7 Å². The second kappa shape index (κ2) is 10.5. The van der Waals surface area contributed by atoms with Crippen LogP contribution in [0.15, 0.2) is 66.7 Å². The Morgan fingerprint density at radius 3 is 2.61 bits per heavy atom. The number of para-hydroxylation sites is 1. The van der Waals surface area contributed by atoms with E-state index in [-0.39, 0.29) is 30.3 Å². The fourth-order valence-corrected chi connectivity index (χ4v) is 5.13. The van der Waals surface area contributed by atoms with Crippen molar-refractivity contribution in [2.24, 2.45) is 0 Å². The second-order valence-electron chi connectivity index (χ2n) is 8.73. The summed E-state index contributed by atoms with van der Waals surface area (Å²) in [5.74, 6) is 7.41. The number of aromatic nitrogens is 2. The number of ether oxygens (including phenoxy) is 2. The van der Waals surface area contributed by atoms with Crippen molar-refractivity contribution >= 4 is 16.9 Å².